The van der Waals surface area contributed by atoms with Gasteiger partial charge in [-0.25, -0.2) is 4.98 Å². The van der Waals surface area contributed by atoms with Gasteiger partial charge in [0, 0.05) is 17.7 Å². The van der Waals surface area contributed by atoms with E-state index in [1.165, 1.54) is 11.1 Å². The molecule has 1 atom stereocenters. The topological polar surface area (TPSA) is 116 Å². The van der Waals surface area contributed by atoms with Gasteiger partial charge in [-0.2, -0.15) is 0 Å². The van der Waals surface area contributed by atoms with E-state index >= 15 is 0 Å². The first-order chi connectivity index (χ1) is 14.7. The molecular weight excluding hydrogens is 390 g/mol. The van der Waals surface area contributed by atoms with Crippen LogP contribution in [0.3, 0.4) is 0 Å². The lowest BCUT2D eigenvalue weighted by Crippen LogP contribution is -2.45. The van der Waals surface area contributed by atoms with E-state index in [4.69, 9.17) is 10.9 Å². The second kappa shape index (κ2) is 7.72. The first kappa shape index (κ1) is 20.9. The minimum Gasteiger partial charge on any atom is -0.409 e. The lowest BCUT2D eigenvalue weighted by molar-refractivity contribution is 0.0932. The highest BCUT2D eigenvalue weighted by Gasteiger charge is 2.45. The van der Waals surface area contributed by atoms with Gasteiger partial charge in [-0.3, -0.25) is 4.79 Å². The Balaban J connectivity index is 1.53. The molecule has 0 fully saturated rings. The van der Waals surface area contributed by atoms with Crippen molar-refractivity contribution >= 4 is 22.8 Å². The van der Waals surface area contributed by atoms with Crippen LogP contribution in [0.1, 0.15) is 60.7 Å². The van der Waals surface area contributed by atoms with Crippen LogP contribution in [-0.4, -0.2) is 33.5 Å². The highest BCUT2D eigenvalue weighted by atomic mass is 16.4. The maximum Gasteiger partial charge on any atom is 0.251 e. The van der Waals surface area contributed by atoms with E-state index in [-0.39, 0.29) is 22.6 Å². The van der Waals surface area contributed by atoms with Gasteiger partial charge in [-0.15, -0.1) is 0 Å². The van der Waals surface area contributed by atoms with E-state index in [0.29, 0.717) is 12.1 Å². The number of hydrogen-bond acceptors (Lipinski definition) is 4. The number of amides is 1. The number of rotatable bonds is 5. The summed E-state index contributed by atoms with van der Waals surface area (Å²) in [5, 5.41) is 15.2. The Kier molecular flexibility index (Phi) is 5.21. The van der Waals surface area contributed by atoms with Gasteiger partial charge in [-0.05, 0) is 65.5 Å². The normalized spacial score (nSPS) is 20.4. The van der Waals surface area contributed by atoms with Crippen LogP contribution in [0.2, 0.25) is 0 Å². The Morgan fingerprint density at radius 2 is 2.00 bits per heavy atom. The second-order valence-corrected chi connectivity index (χ2v) is 9.21. The van der Waals surface area contributed by atoms with E-state index in [1.54, 1.807) is 12.4 Å². The number of benzene rings is 2. The van der Waals surface area contributed by atoms with Crippen molar-refractivity contribution in [2.24, 2.45) is 16.3 Å². The third-order valence-electron chi connectivity index (χ3n) is 7.21. The number of carbonyl (C=O) groups excluding carboxylic acids is 1. The molecule has 1 aliphatic rings. The first-order valence-electron chi connectivity index (χ1n) is 10.6. The molecule has 0 spiro atoms. The Morgan fingerprint density at radius 1 is 1.23 bits per heavy atom. The summed E-state index contributed by atoms with van der Waals surface area (Å²) in [6, 6.07) is 11.5. The number of aromatic nitrogens is 2. The number of aromatic amines is 1. The Morgan fingerprint density at radius 3 is 2.77 bits per heavy atom. The average molecular weight is 420 g/mol. The number of H-pyrrole nitrogens is 1. The van der Waals surface area contributed by atoms with Crippen LogP contribution < -0.4 is 11.1 Å². The smallest absolute Gasteiger partial charge is 0.251 e. The lowest BCUT2D eigenvalue weighted by Gasteiger charge is -2.49. The number of nitrogens with two attached hydrogens (primary N) is 1. The Bertz CT molecular complexity index is 1160. The molecule has 0 saturated carbocycles. The van der Waals surface area contributed by atoms with Gasteiger partial charge in [0.2, 0.25) is 0 Å². The number of aryl methyl sites for hydroxylation is 1. The molecule has 1 unspecified atom stereocenters. The molecule has 1 heterocycles. The third kappa shape index (κ3) is 3.65. The number of fused-ring (bicyclic) bond motifs is 2. The van der Waals surface area contributed by atoms with Crippen molar-refractivity contribution in [1.82, 2.24) is 15.3 Å². The predicted molar refractivity (Wildman–Crippen MR) is 121 cm³/mol. The predicted octanol–water partition coefficient (Wildman–Crippen LogP) is 3.71. The van der Waals surface area contributed by atoms with Crippen molar-refractivity contribution < 1.29 is 10.0 Å². The van der Waals surface area contributed by atoms with Crippen LogP contribution in [0.25, 0.3) is 11.0 Å². The van der Waals surface area contributed by atoms with Crippen LogP contribution in [0.15, 0.2) is 47.9 Å². The minimum atomic E-state index is -0.121. The van der Waals surface area contributed by atoms with Gasteiger partial charge in [0.1, 0.15) is 0 Å². The molecule has 7 nitrogen and oxygen atoms in total. The van der Waals surface area contributed by atoms with Crippen LogP contribution in [0.5, 0.6) is 0 Å². The second-order valence-electron chi connectivity index (χ2n) is 9.21. The van der Waals surface area contributed by atoms with Gasteiger partial charge < -0.3 is 21.2 Å². The zero-order valence-electron chi connectivity index (χ0n) is 18.2. The molecule has 0 aliphatic heterocycles. The van der Waals surface area contributed by atoms with Gasteiger partial charge in [-0.1, -0.05) is 38.1 Å². The zero-order valence-corrected chi connectivity index (χ0v) is 18.2. The van der Waals surface area contributed by atoms with E-state index in [2.05, 4.69) is 47.3 Å². The maximum atomic E-state index is 12.7. The molecule has 5 N–H and O–H groups in total. The molecule has 1 amide bonds. The molecule has 0 bridgehead atoms. The summed E-state index contributed by atoms with van der Waals surface area (Å²) >= 11 is 0. The number of imidazole rings is 1. The molecule has 1 aliphatic carbocycles. The SMILES string of the molecule is CC1(C)CCc2cc(/C(N)=N/O)ccc2C1(C)CCNC(=O)c1ccc2[nH]cnc2c1. The fourth-order valence-electron chi connectivity index (χ4n) is 4.72. The molecule has 1 aromatic heterocycles. The number of carbonyl (C=O) groups is 1. The van der Waals surface area contributed by atoms with Crippen LogP contribution in [0, 0.1) is 5.41 Å². The summed E-state index contributed by atoms with van der Waals surface area (Å²) in [5.41, 5.74) is 11.3. The average Bonchev–Trinajstić information content (AvgIpc) is 3.23. The zero-order chi connectivity index (χ0) is 22.2. The quantitative estimate of drug-likeness (QED) is 0.218. The highest BCUT2D eigenvalue weighted by Crippen LogP contribution is 2.51. The summed E-state index contributed by atoms with van der Waals surface area (Å²) < 4.78 is 0. The molecule has 162 valence electrons. The van der Waals surface area contributed by atoms with Crippen molar-refractivity contribution in [2.45, 2.75) is 45.4 Å². The molecular formula is C24H29N5O2. The lowest BCUT2D eigenvalue weighted by atomic mass is 9.55. The van der Waals surface area contributed by atoms with E-state index < -0.39 is 0 Å². The van der Waals surface area contributed by atoms with E-state index in [0.717, 1.165) is 35.9 Å². The number of nitrogens with one attached hydrogen (secondary N) is 2. The summed E-state index contributed by atoms with van der Waals surface area (Å²) in [6.07, 6.45) is 4.41. The largest absolute Gasteiger partial charge is 0.409 e. The van der Waals surface area contributed by atoms with Crippen molar-refractivity contribution in [1.29, 1.82) is 0 Å². The first-order valence-corrected chi connectivity index (χ1v) is 10.6. The number of oxime groups is 1. The minimum absolute atomic E-state index is 0.0663. The molecule has 3 aromatic rings. The summed E-state index contributed by atoms with van der Waals surface area (Å²) in [4.78, 5) is 20.0. The maximum absolute atomic E-state index is 12.7. The Hall–Kier alpha value is -3.35. The van der Waals surface area contributed by atoms with Crippen molar-refractivity contribution in [2.75, 3.05) is 6.54 Å². The molecule has 0 saturated heterocycles. The number of amidine groups is 1. The molecule has 7 heteroatoms. The van der Waals surface area contributed by atoms with Gasteiger partial charge >= 0.3 is 0 Å². The van der Waals surface area contributed by atoms with Crippen LogP contribution >= 0.6 is 0 Å². The van der Waals surface area contributed by atoms with Crippen molar-refractivity contribution in [3.63, 3.8) is 0 Å². The summed E-state index contributed by atoms with van der Waals surface area (Å²) in [5.74, 6) is 0.0279. The van der Waals surface area contributed by atoms with Gasteiger partial charge in [0.15, 0.2) is 5.84 Å². The Labute approximate surface area is 181 Å². The fourth-order valence-corrected chi connectivity index (χ4v) is 4.72. The monoisotopic (exact) mass is 419 g/mol. The molecule has 0 radical (unpaired) electrons. The number of hydrogen-bond donors (Lipinski definition) is 4. The molecule has 31 heavy (non-hydrogen) atoms. The summed E-state index contributed by atoms with van der Waals surface area (Å²) in [7, 11) is 0. The van der Waals surface area contributed by atoms with Crippen molar-refractivity contribution in [3.05, 3.63) is 65.0 Å². The van der Waals surface area contributed by atoms with E-state index in [1.807, 2.05) is 24.3 Å². The molecule has 2 aromatic carbocycles. The van der Waals surface area contributed by atoms with Crippen LogP contribution in [-0.2, 0) is 11.8 Å². The highest BCUT2D eigenvalue weighted by molar-refractivity contribution is 5.97. The number of nitrogens with zero attached hydrogens (tertiary/aromatic N) is 2. The van der Waals surface area contributed by atoms with Crippen molar-refractivity contribution in [3.8, 4) is 0 Å². The van der Waals surface area contributed by atoms with E-state index in [9.17, 15) is 4.79 Å². The van der Waals surface area contributed by atoms with Crippen LogP contribution in [0.4, 0.5) is 0 Å². The fraction of sp³-hybridized carbons (Fsp3) is 0.375. The standard InChI is InChI=1S/C24H29N5O2/c1-23(2)9-8-15-12-16(21(25)29-31)4-6-18(15)24(23,3)10-11-26-22(30)17-5-7-19-20(13-17)28-14-27-19/h4-7,12-14,31H,8-11H2,1-3H3,(H2,25,29)(H,26,30)(H,27,28). The van der Waals surface area contributed by atoms with Gasteiger partial charge in [0.05, 0.1) is 17.4 Å². The summed E-state index contributed by atoms with van der Waals surface area (Å²) in [6.45, 7) is 7.43. The molecule has 4 rings (SSSR count). The third-order valence-corrected chi connectivity index (χ3v) is 7.21. The van der Waals surface area contributed by atoms with Gasteiger partial charge in [0.25, 0.3) is 5.91 Å².